The maximum absolute atomic E-state index is 12.9. The fraction of sp³-hybridized carbons (Fsp3) is 0.263. The van der Waals surface area contributed by atoms with Gasteiger partial charge in [0.2, 0.25) is 15.9 Å². The molecule has 8 heteroatoms. The zero-order valence-electron chi connectivity index (χ0n) is 14.8. The van der Waals surface area contributed by atoms with Gasteiger partial charge in [0.1, 0.15) is 6.04 Å². The number of nitrogens with one attached hydrogen (secondary N) is 1. The van der Waals surface area contributed by atoms with E-state index in [1.54, 1.807) is 24.3 Å². The maximum Gasteiger partial charge on any atom is 0.335 e. The van der Waals surface area contributed by atoms with Crippen LogP contribution in [-0.4, -0.2) is 42.3 Å². The number of benzene rings is 2. The Morgan fingerprint density at radius 1 is 1.07 bits per heavy atom. The van der Waals surface area contributed by atoms with Gasteiger partial charge in [0.05, 0.1) is 10.5 Å². The minimum absolute atomic E-state index is 0.109. The standard InChI is InChI=1S/C19H20N2O5S/c1-13-4-10-16(11-5-13)27(25,26)21-12-2-3-17(21)18(22)20-15-8-6-14(7-9-15)19(23)24/h4-11,17H,2-3,12H2,1H3,(H,20,22)(H,23,24)/t17-/m0/s1. The van der Waals surface area contributed by atoms with Crippen molar-refractivity contribution in [1.82, 2.24) is 4.31 Å². The average molecular weight is 388 g/mol. The van der Waals surface area contributed by atoms with Crippen LogP contribution in [0.2, 0.25) is 0 Å². The Kier molecular flexibility index (Phi) is 5.29. The third-order valence-electron chi connectivity index (χ3n) is 4.53. The van der Waals surface area contributed by atoms with E-state index in [4.69, 9.17) is 5.11 Å². The van der Waals surface area contributed by atoms with E-state index in [0.717, 1.165) is 5.56 Å². The van der Waals surface area contributed by atoms with E-state index in [2.05, 4.69) is 5.32 Å². The van der Waals surface area contributed by atoms with Crippen LogP contribution in [0.25, 0.3) is 0 Å². The van der Waals surface area contributed by atoms with Crippen molar-refractivity contribution in [3.8, 4) is 0 Å². The van der Waals surface area contributed by atoms with E-state index in [0.29, 0.717) is 18.5 Å². The lowest BCUT2D eigenvalue weighted by atomic mass is 10.2. The fourth-order valence-corrected chi connectivity index (χ4v) is 4.71. The van der Waals surface area contributed by atoms with Gasteiger partial charge in [0.15, 0.2) is 0 Å². The first kappa shape index (κ1) is 19.1. The summed E-state index contributed by atoms with van der Waals surface area (Å²) in [4.78, 5) is 23.7. The molecule has 1 amide bonds. The molecule has 0 radical (unpaired) electrons. The average Bonchev–Trinajstić information content (AvgIpc) is 3.13. The number of carboxylic acid groups (broad SMARTS) is 1. The first-order valence-electron chi connectivity index (χ1n) is 8.52. The van der Waals surface area contributed by atoms with Crippen molar-refractivity contribution >= 4 is 27.6 Å². The normalized spacial score (nSPS) is 17.6. The molecule has 1 aliphatic rings. The lowest BCUT2D eigenvalue weighted by molar-refractivity contribution is -0.119. The highest BCUT2D eigenvalue weighted by Crippen LogP contribution is 2.27. The molecule has 3 rings (SSSR count). The predicted octanol–water partition coefficient (Wildman–Crippen LogP) is 2.49. The fourth-order valence-electron chi connectivity index (χ4n) is 3.06. The number of hydrogen-bond acceptors (Lipinski definition) is 4. The third-order valence-corrected chi connectivity index (χ3v) is 6.46. The Morgan fingerprint density at radius 3 is 2.30 bits per heavy atom. The molecule has 0 bridgehead atoms. The number of amides is 1. The number of nitrogens with zero attached hydrogens (tertiary/aromatic N) is 1. The van der Waals surface area contributed by atoms with Crippen LogP contribution in [0.4, 0.5) is 5.69 Å². The minimum Gasteiger partial charge on any atom is -0.478 e. The summed E-state index contributed by atoms with van der Waals surface area (Å²) < 4.78 is 27.1. The van der Waals surface area contributed by atoms with Crippen molar-refractivity contribution < 1.29 is 23.1 Å². The quantitative estimate of drug-likeness (QED) is 0.819. The lowest BCUT2D eigenvalue weighted by Crippen LogP contribution is -2.43. The second-order valence-corrected chi connectivity index (χ2v) is 8.35. The molecule has 1 atom stereocenters. The molecule has 1 heterocycles. The van der Waals surface area contributed by atoms with Crippen molar-refractivity contribution in [3.05, 3.63) is 59.7 Å². The van der Waals surface area contributed by atoms with Gasteiger partial charge < -0.3 is 10.4 Å². The summed E-state index contributed by atoms with van der Waals surface area (Å²) in [7, 11) is -3.77. The van der Waals surface area contributed by atoms with Crippen molar-refractivity contribution in [2.24, 2.45) is 0 Å². The topological polar surface area (TPSA) is 104 Å². The summed E-state index contributed by atoms with van der Waals surface area (Å²) in [5.74, 6) is -1.48. The Labute approximate surface area is 157 Å². The number of aryl methyl sites for hydroxylation is 1. The molecule has 142 valence electrons. The second kappa shape index (κ2) is 7.50. The Bertz CT molecular complexity index is 953. The first-order chi connectivity index (χ1) is 12.8. The van der Waals surface area contributed by atoms with Crippen molar-refractivity contribution in [1.29, 1.82) is 0 Å². The molecule has 2 N–H and O–H groups in total. The molecule has 0 unspecified atom stereocenters. The van der Waals surface area contributed by atoms with Gasteiger partial charge in [0.25, 0.3) is 0 Å². The summed E-state index contributed by atoms with van der Waals surface area (Å²) in [5, 5.41) is 11.6. The number of sulfonamides is 1. The van der Waals surface area contributed by atoms with Crippen LogP contribution in [0.1, 0.15) is 28.8 Å². The summed E-state index contributed by atoms with van der Waals surface area (Å²) in [6.45, 7) is 2.16. The summed E-state index contributed by atoms with van der Waals surface area (Å²) >= 11 is 0. The van der Waals surface area contributed by atoms with Crippen molar-refractivity contribution in [3.63, 3.8) is 0 Å². The van der Waals surface area contributed by atoms with Crippen LogP contribution in [0.5, 0.6) is 0 Å². The number of carbonyl (C=O) groups is 2. The Hall–Kier alpha value is -2.71. The smallest absolute Gasteiger partial charge is 0.335 e. The summed E-state index contributed by atoms with van der Waals surface area (Å²) in [6.07, 6.45) is 1.03. The number of aromatic carboxylic acids is 1. The number of hydrogen-bond donors (Lipinski definition) is 2. The number of carboxylic acids is 1. The highest BCUT2D eigenvalue weighted by atomic mass is 32.2. The highest BCUT2D eigenvalue weighted by Gasteiger charge is 2.39. The van der Waals surface area contributed by atoms with Crippen LogP contribution in [0.3, 0.4) is 0 Å². The Balaban J connectivity index is 1.78. The van der Waals surface area contributed by atoms with E-state index in [9.17, 15) is 18.0 Å². The van der Waals surface area contributed by atoms with Gasteiger partial charge in [-0.05, 0) is 56.2 Å². The molecule has 2 aromatic carbocycles. The van der Waals surface area contributed by atoms with Gasteiger partial charge in [0, 0.05) is 12.2 Å². The van der Waals surface area contributed by atoms with Crippen LogP contribution in [0, 0.1) is 6.92 Å². The zero-order chi connectivity index (χ0) is 19.6. The van der Waals surface area contributed by atoms with Gasteiger partial charge in [-0.1, -0.05) is 17.7 Å². The minimum atomic E-state index is -3.77. The molecule has 1 fully saturated rings. The van der Waals surface area contributed by atoms with Gasteiger partial charge in [-0.15, -0.1) is 0 Å². The van der Waals surface area contributed by atoms with Gasteiger partial charge >= 0.3 is 5.97 Å². The number of anilines is 1. The van der Waals surface area contributed by atoms with Crippen LogP contribution < -0.4 is 5.32 Å². The van der Waals surface area contributed by atoms with Gasteiger partial charge in [-0.2, -0.15) is 4.31 Å². The number of rotatable bonds is 5. The maximum atomic E-state index is 12.9. The van der Waals surface area contributed by atoms with E-state index in [-0.39, 0.29) is 17.0 Å². The van der Waals surface area contributed by atoms with Crippen LogP contribution >= 0.6 is 0 Å². The molecule has 2 aromatic rings. The monoisotopic (exact) mass is 388 g/mol. The van der Waals surface area contributed by atoms with E-state index in [1.807, 2.05) is 6.92 Å². The summed E-state index contributed by atoms with van der Waals surface area (Å²) in [6, 6.07) is 11.5. The van der Waals surface area contributed by atoms with Crippen molar-refractivity contribution in [2.75, 3.05) is 11.9 Å². The molecule has 1 aliphatic heterocycles. The molecule has 0 saturated carbocycles. The largest absolute Gasteiger partial charge is 0.478 e. The lowest BCUT2D eigenvalue weighted by Gasteiger charge is -2.23. The molecule has 0 aromatic heterocycles. The van der Waals surface area contributed by atoms with Crippen molar-refractivity contribution in [2.45, 2.75) is 30.7 Å². The molecule has 0 spiro atoms. The van der Waals surface area contributed by atoms with E-state index in [1.165, 1.54) is 28.6 Å². The van der Waals surface area contributed by atoms with Crippen LogP contribution in [-0.2, 0) is 14.8 Å². The summed E-state index contributed by atoms with van der Waals surface area (Å²) in [5.41, 5.74) is 1.48. The van der Waals surface area contributed by atoms with Gasteiger partial charge in [-0.3, -0.25) is 4.79 Å². The zero-order valence-corrected chi connectivity index (χ0v) is 15.6. The number of carbonyl (C=O) groups excluding carboxylic acids is 1. The van der Waals surface area contributed by atoms with E-state index >= 15 is 0 Å². The molecular formula is C19H20N2O5S. The highest BCUT2D eigenvalue weighted by molar-refractivity contribution is 7.89. The third kappa shape index (κ3) is 4.01. The molecule has 1 saturated heterocycles. The molecule has 7 nitrogen and oxygen atoms in total. The SMILES string of the molecule is Cc1ccc(S(=O)(=O)N2CCC[C@H]2C(=O)Nc2ccc(C(=O)O)cc2)cc1. The first-order valence-corrected chi connectivity index (χ1v) is 9.96. The van der Waals surface area contributed by atoms with Gasteiger partial charge in [-0.25, -0.2) is 13.2 Å². The Morgan fingerprint density at radius 2 is 1.70 bits per heavy atom. The second-order valence-electron chi connectivity index (χ2n) is 6.46. The molecule has 27 heavy (non-hydrogen) atoms. The predicted molar refractivity (Wildman–Crippen MR) is 100 cm³/mol. The van der Waals surface area contributed by atoms with E-state index < -0.39 is 27.9 Å². The van der Waals surface area contributed by atoms with Crippen LogP contribution in [0.15, 0.2) is 53.4 Å². The molecule has 0 aliphatic carbocycles. The molecular weight excluding hydrogens is 368 g/mol.